The molecule has 1 aliphatic rings. The molecule has 2 rings (SSSR count). The molecule has 3 N–H and O–H groups in total. The quantitative estimate of drug-likeness (QED) is 0.303. The average Bonchev–Trinajstić information content (AvgIpc) is 3.36. The predicted octanol–water partition coefficient (Wildman–Crippen LogP) is 2.55. The van der Waals surface area contributed by atoms with Crippen LogP contribution in [0.15, 0.2) is 23.2 Å². The van der Waals surface area contributed by atoms with Gasteiger partial charge in [-0.05, 0) is 32.8 Å². The Balaban J connectivity index is 0.00000338. The molecular formula is C17H25F2IN4O2. The number of nitrogens with zero attached hydrogens (tertiary/aromatic N) is 1. The zero-order valence-corrected chi connectivity index (χ0v) is 17.2. The average molecular weight is 482 g/mol. The number of ether oxygens (including phenoxy) is 1. The summed E-state index contributed by atoms with van der Waals surface area (Å²) in [5, 5.41) is 8.83. The fourth-order valence-electron chi connectivity index (χ4n) is 2.22. The lowest BCUT2D eigenvalue weighted by atomic mass is 10.1. The van der Waals surface area contributed by atoms with Gasteiger partial charge in [0.05, 0.1) is 13.1 Å². The minimum absolute atomic E-state index is 0. The van der Waals surface area contributed by atoms with Crippen LogP contribution in [0, 0.1) is 6.92 Å². The van der Waals surface area contributed by atoms with Crippen molar-refractivity contribution in [2.45, 2.75) is 45.9 Å². The van der Waals surface area contributed by atoms with Gasteiger partial charge in [-0.25, -0.2) is 4.99 Å². The van der Waals surface area contributed by atoms with E-state index >= 15 is 0 Å². The maximum atomic E-state index is 12.5. The first kappa shape index (κ1) is 22.4. The maximum absolute atomic E-state index is 12.5. The molecule has 0 unspecified atom stereocenters. The summed E-state index contributed by atoms with van der Waals surface area (Å²) >= 11 is 0. The van der Waals surface area contributed by atoms with Crippen molar-refractivity contribution in [2.24, 2.45) is 4.99 Å². The van der Waals surface area contributed by atoms with Crippen LogP contribution in [-0.2, 0) is 11.3 Å². The predicted molar refractivity (Wildman–Crippen MR) is 107 cm³/mol. The number of aryl methyl sites for hydroxylation is 1. The Morgan fingerprint density at radius 2 is 2.08 bits per heavy atom. The van der Waals surface area contributed by atoms with E-state index in [0.717, 1.165) is 18.4 Å². The lowest BCUT2D eigenvalue weighted by Crippen LogP contribution is -2.43. The van der Waals surface area contributed by atoms with E-state index in [1.54, 1.807) is 12.1 Å². The van der Waals surface area contributed by atoms with Gasteiger partial charge in [-0.2, -0.15) is 8.78 Å². The lowest BCUT2D eigenvalue weighted by Gasteiger charge is -2.13. The highest BCUT2D eigenvalue weighted by molar-refractivity contribution is 14.0. The third-order valence-electron chi connectivity index (χ3n) is 3.54. The standard InChI is InChI=1S/C17H24F2N4O2.HI/c1-3-20-17(22-10-15(24)23-13-5-6-13)21-9-12-8-11(2)4-7-14(12)25-16(18)19;/h4,7-8,13,16H,3,5-6,9-10H2,1-2H3,(H,23,24)(H2,20,21,22);1H. The van der Waals surface area contributed by atoms with Crippen LogP contribution in [0.3, 0.4) is 0 Å². The van der Waals surface area contributed by atoms with Crippen molar-refractivity contribution in [1.29, 1.82) is 0 Å². The van der Waals surface area contributed by atoms with Gasteiger partial charge in [-0.3, -0.25) is 4.79 Å². The number of carbonyl (C=O) groups excluding carboxylic acids is 1. The molecule has 0 saturated heterocycles. The molecule has 1 aromatic rings. The smallest absolute Gasteiger partial charge is 0.387 e. The van der Waals surface area contributed by atoms with Gasteiger partial charge in [-0.15, -0.1) is 24.0 Å². The van der Waals surface area contributed by atoms with E-state index in [1.165, 1.54) is 6.07 Å². The van der Waals surface area contributed by atoms with E-state index in [2.05, 4.69) is 25.7 Å². The first-order valence-electron chi connectivity index (χ1n) is 8.33. The van der Waals surface area contributed by atoms with Crippen LogP contribution in [-0.4, -0.2) is 37.6 Å². The van der Waals surface area contributed by atoms with Gasteiger partial charge < -0.3 is 20.7 Å². The van der Waals surface area contributed by atoms with E-state index in [0.29, 0.717) is 24.1 Å². The van der Waals surface area contributed by atoms with Crippen molar-refractivity contribution in [2.75, 3.05) is 13.1 Å². The molecule has 0 aliphatic heterocycles. The Labute approximate surface area is 169 Å². The summed E-state index contributed by atoms with van der Waals surface area (Å²) in [4.78, 5) is 16.1. The van der Waals surface area contributed by atoms with Crippen LogP contribution in [0.5, 0.6) is 5.75 Å². The highest BCUT2D eigenvalue weighted by Crippen LogP contribution is 2.23. The summed E-state index contributed by atoms with van der Waals surface area (Å²) in [6.45, 7) is 1.76. The molecule has 0 heterocycles. The maximum Gasteiger partial charge on any atom is 0.387 e. The molecule has 146 valence electrons. The summed E-state index contributed by atoms with van der Waals surface area (Å²) < 4.78 is 29.6. The first-order valence-corrected chi connectivity index (χ1v) is 8.33. The van der Waals surface area contributed by atoms with Gasteiger partial charge in [0.2, 0.25) is 5.91 Å². The number of alkyl halides is 2. The van der Waals surface area contributed by atoms with E-state index < -0.39 is 6.61 Å². The summed E-state index contributed by atoms with van der Waals surface area (Å²) in [6.07, 6.45) is 2.06. The molecule has 1 aromatic carbocycles. The van der Waals surface area contributed by atoms with Gasteiger partial charge in [-0.1, -0.05) is 17.7 Å². The van der Waals surface area contributed by atoms with E-state index in [4.69, 9.17) is 0 Å². The van der Waals surface area contributed by atoms with Crippen LogP contribution >= 0.6 is 24.0 Å². The Hall–Kier alpha value is -1.65. The molecule has 1 fully saturated rings. The van der Waals surface area contributed by atoms with Gasteiger partial charge in [0, 0.05) is 18.2 Å². The number of hydrogen-bond acceptors (Lipinski definition) is 3. The Bertz CT molecular complexity index is 625. The molecule has 0 radical (unpaired) electrons. The second-order valence-electron chi connectivity index (χ2n) is 5.88. The monoisotopic (exact) mass is 482 g/mol. The molecular weight excluding hydrogens is 457 g/mol. The molecule has 0 atom stereocenters. The highest BCUT2D eigenvalue weighted by Gasteiger charge is 2.23. The van der Waals surface area contributed by atoms with Crippen molar-refractivity contribution in [1.82, 2.24) is 16.0 Å². The fourth-order valence-corrected chi connectivity index (χ4v) is 2.22. The number of carbonyl (C=O) groups is 1. The van der Waals surface area contributed by atoms with Crippen molar-refractivity contribution in [3.8, 4) is 5.75 Å². The molecule has 1 saturated carbocycles. The highest BCUT2D eigenvalue weighted by atomic mass is 127. The summed E-state index contributed by atoms with van der Waals surface area (Å²) in [6, 6.07) is 5.27. The van der Waals surface area contributed by atoms with Crippen LogP contribution in [0.2, 0.25) is 0 Å². The van der Waals surface area contributed by atoms with Crippen LogP contribution < -0.4 is 20.7 Å². The number of nitrogens with one attached hydrogen (secondary N) is 3. The zero-order valence-electron chi connectivity index (χ0n) is 14.9. The molecule has 1 aliphatic carbocycles. The number of rotatable bonds is 8. The minimum Gasteiger partial charge on any atom is -0.434 e. The zero-order chi connectivity index (χ0) is 18.2. The third-order valence-corrected chi connectivity index (χ3v) is 3.54. The van der Waals surface area contributed by atoms with E-state index in [9.17, 15) is 13.6 Å². The second-order valence-corrected chi connectivity index (χ2v) is 5.88. The number of halogens is 3. The molecule has 1 amide bonds. The van der Waals surface area contributed by atoms with E-state index in [1.807, 2.05) is 13.8 Å². The fraction of sp³-hybridized carbons (Fsp3) is 0.529. The van der Waals surface area contributed by atoms with Crippen LogP contribution in [0.25, 0.3) is 0 Å². The molecule has 0 bridgehead atoms. The summed E-state index contributed by atoms with van der Waals surface area (Å²) in [5.74, 6) is 0.454. The van der Waals surface area contributed by atoms with E-state index in [-0.39, 0.29) is 48.7 Å². The van der Waals surface area contributed by atoms with Crippen LogP contribution in [0.1, 0.15) is 30.9 Å². The molecule has 26 heavy (non-hydrogen) atoms. The number of guanidine groups is 1. The van der Waals surface area contributed by atoms with Crippen molar-refractivity contribution < 1.29 is 18.3 Å². The van der Waals surface area contributed by atoms with Crippen LogP contribution in [0.4, 0.5) is 8.78 Å². The van der Waals surface area contributed by atoms with Gasteiger partial charge in [0.25, 0.3) is 0 Å². The minimum atomic E-state index is -2.89. The second kappa shape index (κ2) is 11.1. The summed E-state index contributed by atoms with van der Waals surface area (Å²) in [5.41, 5.74) is 1.48. The largest absolute Gasteiger partial charge is 0.434 e. The Morgan fingerprint density at radius 3 is 2.69 bits per heavy atom. The molecule has 0 spiro atoms. The van der Waals surface area contributed by atoms with Gasteiger partial charge >= 0.3 is 6.61 Å². The van der Waals surface area contributed by atoms with Crippen molar-refractivity contribution in [3.63, 3.8) is 0 Å². The van der Waals surface area contributed by atoms with Gasteiger partial charge in [0.15, 0.2) is 5.96 Å². The summed E-state index contributed by atoms with van der Waals surface area (Å²) in [7, 11) is 0. The number of benzene rings is 1. The van der Waals surface area contributed by atoms with Crippen molar-refractivity contribution in [3.05, 3.63) is 29.3 Å². The Kier molecular flexibility index (Phi) is 9.60. The topological polar surface area (TPSA) is 74.8 Å². The number of amides is 1. The molecule has 6 nitrogen and oxygen atoms in total. The van der Waals surface area contributed by atoms with Crippen molar-refractivity contribution >= 4 is 35.8 Å². The lowest BCUT2D eigenvalue weighted by molar-refractivity contribution is -0.120. The molecule has 0 aromatic heterocycles. The number of hydrogen-bond donors (Lipinski definition) is 3. The number of aliphatic imine (C=N–C) groups is 1. The molecule has 9 heteroatoms. The Morgan fingerprint density at radius 1 is 1.35 bits per heavy atom. The SMILES string of the molecule is CCNC(=NCc1cc(C)ccc1OC(F)F)NCC(=O)NC1CC1.I. The normalized spacial score (nSPS) is 13.8. The van der Waals surface area contributed by atoms with Gasteiger partial charge in [0.1, 0.15) is 5.75 Å². The first-order chi connectivity index (χ1) is 12.0. The third kappa shape index (κ3) is 8.15.